The zero-order valence-corrected chi connectivity index (χ0v) is 11.8. The van der Waals surface area contributed by atoms with E-state index in [0.29, 0.717) is 0 Å². The Balaban J connectivity index is 1.72. The summed E-state index contributed by atoms with van der Waals surface area (Å²) < 4.78 is 0. The Morgan fingerprint density at radius 1 is 1.28 bits per heavy atom. The van der Waals surface area contributed by atoms with E-state index >= 15 is 0 Å². The highest BCUT2D eigenvalue weighted by Gasteiger charge is 2.17. The molecule has 0 bridgehead atoms. The van der Waals surface area contributed by atoms with Gasteiger partial charge >= 0.3 is 0 Å². The van der Waals surface area contributed by atoms with Crippen LogP contribution in [0.15, 0.2) is 24.3 Å². The van der Waals surface area contributed by atoms with Crippen LogP contribution in [0, 0.1) is 6.92 Å². The number of rotatable bonds is 5. The van der Waals surface area contributed by atoms with Crippen LogP contribution >= 0.6 is 0 Å². The van der Waals surface area contributed by atoms with Gasteiger partial charge < -0.3 is 10.2 Å². The second kappa shape index (κ2) is 6.91. The summed E-state index contributed by atoms with van der Waals surface area (Å²) in [4.78, 5) is 2.61. The molecule has 2 rings (SSSR count). The summed E-state index contributed by atoms with van der Waals surface area (Å²) in [6, 6.07) is 9.65. The van der Waals surface area contributed by atoms with E-state index in [9.17, 15) is 0 Å². The Labute approximate surface area is 111 Å². The quantitative estimate of drug-likeness (QED) is 0.859. The highest BCUT2D eigenvalue weighted by molar-refractivity contribution is 5.22. The Morgan fingerprint density at radius 3 is 2.72 bits per heavy atom. The van der Waals surface area contributed by atoms with Crippen LogP contribution in [0.3, 0.4) is 0 Å². The number of hydrogen-bond acceptors (Lipinski definition) is 2. The molecule has 1 aliphatic heterocycles. The average Bonchev–Trinajstić information content (AvgIpc) is 2.38. The first-order valence-electron chi connectivity index (χ1n) is 7.29. The second-order valence-corrected chi connectivity index (χ2v) is 5.41. The second-order valence-electron chi connectivity index (χ2n) is 5.41. The summed E-state index contributed by atoms with van der Waals surface area (Å²) in [5.41, 5.74) is 2.85. The minimum atomic E-state index is 0.755. The smallest absolute Gasteiger partial charge is 0.00912 e. The third-order valence-corrected chi connectivity index (χ3v) is 3.88. The molecule has 1 heterocycles. The van der Waals surface area contributed by atoms with E-state index in [0.717, 1.165) is 12.6 Å². The maximum atomic E-state index is 3.56. The Hall–Kier alpha value is -0.860. The van der Waals surface area contributed by atoms with E-state index in [-0.39, 0.29) is 0 Å². The van der Waals surface area contributed by atoms with Gasteiger partial charge in [0.25, 0.3) is 0 Å². The zero-order chi connectivity index (χ0) is 12.8. The molecule has 1 N–H and O–H groups in total. The standard InChI is InChI=1S/C16H26N2/c1-3-17-16-8-11-18(12-9-16)10-7-15-6-4-5-14(2)13-15/h4-6,13,16-17H,3,7-12H2,1-2H3. The van der Waals surface area contributed by atoms with Crippen LogP contribution < -0.4 is 5.32 Å². The summed E-state index contributed by atoms with van der Waals surface area (Å²) in [5.74, 6) is 0. The van der Waals surface area contributed by atoms with Crippen LogP contribution in [-0.2, 0) is 6.42 Å². The molecule has 0 amide bonds. The molecule has 0 unspecified atom stereocenters. The maximum Gasteiger partial charge on any atom is 0.00912 e. The average molecular weight is 246 g/mol. The Morgan fingerprint density at radius 2 is 2.06 bits per heavy atom. The summed E-state index contributed by atoms with van der Waals surface area (Å²) in [6.07, 6.45) is 3.80. The molecule has 1 aromatic carbocycles. The van der Waals surface area contributed by atoms with Gasteiger partial charge in [-0.25, -0.2) is 0 Å². The topological polar surface area (TPSA) is 15.3 Å². The molecule has 2 heteroatoms. The van der Waals surface area contributed by atoms with Crippen LogP contribution in [0.5, 0.6) is 0 Å². The van der Waals surface area contributed by atoms with E-state index in [1.807, 2.05) is 0 Å². The van der Waals surface area contributed by atoms with E-state index in [1.54, 1.807) is 0 Å². The first-order valence-corrected chi connectivity index (χ1v) is 7.29. The van der Waals surface area contributed by atoms with E-state index in [1.165, 1.54) is 50.0 Å². The van der Waals surface area contributed by atoms with E-state index < -0.39 is 0 Å². The summed E-state index contributed by atoms with van der Waals surface area (Å²) in [6.45, 7) is 9.19. The van der Waals surface area contributed by atoms with Gasteiger partial charge in [0.15, 0.2) is 0 Å². The van der Waals surface area contributed by atoms with Crippen molar-refractivity contribution in [3.63, 3.8) is 0 Å². The number of hydrogen-bond donors (Lipinski definition) is 1. The van der Waals surface area contributed by atoms with Gasteiger partial charge in [-0.2, -0.15) is 0 Å². The molecule has 1 aliphatic rings. The molecule has 0 radical (unpaired) electrons. The number of nitrogens with one attached hydrogen (secondary N) is 1. The number of aryl methyl sites for hydroxylation is 1. The third kappa shape index (κ3) is 4.11. The first kappa shape index (κ1) is 13.6. The van der Waals surface area contributed by atoms with Crippen molar-refractivity contribution >= 4 is 0 Å². The largest absolute Gasteiger partial charge is 0.314 e. The lowest BCUT2D eigenvalue weighted by atomic mass is 10.0. The molecule has 0 aromatic heterocycles. The van der Waals surface area contributed by atoms with Gasteiger partial charge in [0, 0.05) is 12.6 Å². The lowest BCUT2D eigenvalue weighted by Crippen LogP contribution is -2.43. The fraction of sp³-hybridized carbons (Fsp3) is 0.625. The van der Waals surface area contributed by atoms with Crippen molar-refractivity contribution in [2.45, 2.75) is 39.2 Å². The lowest BCUT2D eigenvalue weighted by molar-refractivity contribution is 0.201. The summed E-state index contributed by atoms with van der Waals surface area (Å²) in [7, 11) is 0. The molecule has 0 atom stereocenters. The first-order chi connectivity index (χ1) is 8.78. The molecule has 0 aliphatic carbocycles. The monoisotopic (exact) mass is 246 g/mol. The van der Waals surface area contributed by atoms with Gasteiger partial charge in [-0.15, -0.1) is 0 Å². The fourth-order valence-corrected chi connectivity index (χ4v) is 2.80. The Kier molecular flexibility index (Phi) is 5.21. The Bertz CT molecular complexity index is 354. The molecule has 100 valence electrons. The van der Waals surface area contributed by atoms with Gasteiger partial charge in [0.05, 0.1) is 0 Å². The number of likely N-dealkylation sites (tertiary alicyclic amines) is 1. The maximum absolute atomic E-state index is 3.56. The molecule has 1 fully saturated rings. The number of nitrogens with zero attached hydrogens (tertiary/aromatic N) is 1. The van der Waals surface area contributed by atoms with Crippen LogP contribution in [0.2, 0.25) is 0 Å². The highest BCUT2D eigenvalue weighted by Crippen LogP contribution is 2.12. The molecular formula is C16H26N2. The SMILES string of the molecule is CCNC1CCN(CCc2cccc(C)c2)CC1. The molecule has 1 saturated heterocycles. The van der Waals surface area contributed by atoms with Crippen molar-refractivity contribution < 1.29 is 0 Å². The van der Waals surface area contributed by atoms with Crippen molar-refractivity contribution in [1.29, 1.82) is 0 Å². The molecular weight excluding hydrogens is 220 g/mol. The summed E-state index contributed by atoms with van der Waals surface area (Å²) >= 11 is 0. The number of piperidine rings is 1. The molecule has 0 spiro atoms. The van der Waals surface area contributed by atoms with Gasteiger partial charge in [-0.1, -0.05) is 36.8 Å². The highest BCUT2D eigenvalue weighted by atomic mass is 15.1. The van der Waals surface area contributed by atoms with Crippen molar-refractivity contribution in [3.05, 3.63) is 35.4 Å². The van der Waals surface area contributed by atoms with Gasteiger partial charge in [0.1, 0.15) is 0 Å². The summed E-state index contributed by atoms with van der Waals surface area (Å²) in [5, 5.41) is 3.56. The van der Waals surface area contributed by atoms with Crippen molar-refractivity contribution in [2.75, 3.05) is 26.2 Å². The predicted molar refractivity (Wildman–Crippen MR) is 78.0 cm³/mol. The lowest BCUT2D eigenvalue weighted by Gasteiger charge is -2.32. The molecule has 18 heavy (non-hydrogen) atoms. The predicted octanol–water partition coefficient (Wildman–Crippen LogP) is 2.61. The van der Waals surface area contributed by atoms with Crippen LogP contribution in [0.25, 0.3) is 0 Å². The molecule has 1 aromatic rings. The van der Waals surface area contributed by atoms with E-state index in [2.05, 4.69) is 48.3 Å². The normalized spacial score (nSPS) is 18.1. The van der Waals surface area contributed by atoms with Gasteiger partial charge in [-0.05, 0) is 51.4 Å². The van der Waals surface area contributed by atoms with E-state index in [4.69, 9.17) is 0 Å². The van der Waals surface area contributed by atoms with Crippen LogP contribution in [0.1, 0.15) is 30.9 Å². The minimum Gasteiger partial charge on any atom is -0.314 e. The van der Waals surface area contributed by atoms with Crippen molar-refractivity contribution in [1.82, 2.24) is 10.2 Å². The molecule has 0 saturated carbocycles. The van der Waals surface area contributed by atoms with Gasteiger partial charge in [-0.3, -0.25) is 0 Å². The fourth-order valence-electron chi connectivity index (χ4n) is 2.80. The van der Waals surface area contributed by atoms with Gasteiger partial charge in [0.2, 0.25) is 0 Å². The van der Waals surface area contributed by atoms with Crippen molar-refractivity contribution in [2.24, 2.45) is 0 Å². The zero-order valence-electron chi connectivity index (χ0n) is 11.8. The van der Waals surface area contributed by atoms with Crippen LogP contribution in [-0.4, -0.2) is 37.1 Å². The number of benzene rings is 1. The van der Waals surface area contributed by atoms with Crippen LogP contribution in [0.4, 0.5) is 0 Å². The van der Waals surface area contributed by atoms with Crippen molar-refractivity contribution in [3.8, 4) is 0 Å². The molecule has 2 nitrogen and oxygen atoms in total. The third-order valence-electron chi connectivity index (χ3n) is 3.88. The minimum absolute atomic E-state index is 0.755.